The molecule has 5 aromatic heterocycles. The Labute approximate surface area is 174 Å². The van der Waals surface area contributed by atoms with Crippen LogP contribution in [-0.2, 0) is 4.79 Å². The van der Waals surface area contributed by atoms with Gasteiger partial charge in [0.2, 0.25) is 5.91 Å². The molecule has 0 radical (unpaired) electrons. The number of nitrogens with two attached hydrogens (primary N) is 1. The van der Waals surface area contributed by atoms with Gasteiger partial charge in [-0.15, -0.1) is 11.3 Å². The van der Waals surface area contributed by atoms with Crippen LogP contribution in [0.3, 0.4) is 0 Å². The van der Waals surface area contributed by atoms with E-state index in [-0.39, 0.29) is 0 Å². The highest BCUT2D eigenvalue weighted by atomic mass is 32.1. The number of aromatic nitrogens is 7. The van der Waals surface area contributed by atoms with Crippen LogP contribution in [0.5, 0.6) is 0 Å². The molecule has 9 nitrogen and oxygen atoms in total. The number of fused-ring (bicyclic) bond motifs is 2. The fourth-order valence-corrected chi connectivity index (χ4v) is 4.37. The average Bonchev–Trinajstić information content (AvgIpc) is 3.13. The number of thiazole rings is 1. The Morgan fingerprint density at radius 2 is 2.13 bits per heavy atom. The molecule has 5 heterocycles. The summed E-state index contributed by atoms with van der Waals surface area (Å²) in [4.78, 5) is 21.4. The predicted molar refractivity (Wildman–Crippen MR) is 113 cm³/mol. The molecule has 0 unspecified atom stereocenters. The third-order valence-electron chi connectivity index (χ3n) is 5.17. The van der Waals surface area contributed by atoms with Crippen LogP contribution in [0, 0.1) is 0 Å². The van der Waals surface area contributed by atoms with Gasteiger partial charge < -0.3 is 5.73 Å². The van der Waals surface area contributed by atoms with Crippen LogP contribution >= 0.6 is 11.3 Å². The van der Waals surface area contributed by atoms with Crippen LogP contribution in [0.4, 0.5) is 0 Å². The van der Waals surface area contributed by atoms with E-state index in [0.717, 1.165) is 40.4 Å². The number of rotatable bonds is 5. The minimum absolute atomic E-state index is 0.492. The van der Waals surface area contributed by atoms with Crippen molar-refractivity contribution in [1.82, 2.24) is 33.8 Å². The molecule has 1 aliphatic carbocycles. The maximum Gasteiger partial charge on any atom is 0.241 e. The van der Waals surface area contributed by atoms with Gasteiger partial charge in [0.25, 0.3) is 0 Å². The van der Waals surface area contributed by atoms with Crippen LogP contribution in [0.15, 0.2) is 48.4 Å². The molecule has 0 atom stereocenters. The second kappa shape index (κ2) is 6.36. The summed E-state index contributed by atoms with van der Waals surface area (Å²) in [6.07, 6.45) is 10.8. The molecule has 1 aliphatic rings. The number of primary amides is 1. The summed E-state index contributed by atoms with van der Waals surface area (Å²) >= 11 is 1.56. The summed E-state index contributed by atoms with van der Waals surface area (Å²) in [6, 6.07) is 6.35. The molecule has 10 heteroatoms. The first kappa shape index (κ1) is 17.1. The van der Waals surface area contributed by atoms with Crippen molar-refractivity contribution in [1.29, 1.82) is 0 Å². The van der Waals surface area contributed by atoms with E-state index in [4.69, 9.17) is 15.8 Å². The summed E-state index contributed by atoms with van der Waals surface area (Å²) in [5.74, 6) is -0.532. The topological polar surface area (TPSA) is 108 Å². The number of nitrogens with zero attached hydrogens (tertiary/aromatic N) is 7. The molecule has 5 aromatic rings. The van der Waals surface area contributed by atoms with Gasteiger partial charge in [-0.25, -0.2) is 14.5 Å². The number of amides is 1. The van der Waals surface area contributed by atoms with Gasteiger partial charge in [0.05, 0.1) is 17.4 Å². The van der Waals surface area contributed by atoms with E-state index >= 15 is 0 Å². The Kier molecular flexibility index (Phi) is 3.62. The quantitative estimate of drug-likeness (QED) is 0.443. The number of hydrogen-bond acceptors (Lipinski definition) is 6. The van der Waals surface area contributed by atoms with Crippen molar-refractivity contribution >= 4 is 33.9 Å². The SMILES string of the molecule is NC(=O)/C=C/c1c(-c2c(-c3ccn(C4CC4)n3)nc3sccn23)ccc2ncnn12. The molecule has 1 amide bonds. The number of carbonyl (C=O) groups excluding carboxylic acids is 1. The molecule has 6 rings (SSSR count). The van der Waals surface area contributed by atoms with Crippen LogP contribution in [-0.4, -0.2) is 39.7 Å². The Bertz CT molecular complexity index is 1450. The van der Waals surface area contributed by atoms with Crippen molar-refractivity contribution in [3.8, 4) is 22.6 Å². The lowest BCUT2D eigenvalue weighted by atomic mass is 10.1. The fraction of sp³-hybridized carbons (Fsp3) is 0.150. The normalized spacial score (nSPS) is 14.4. The lowest BCUT2D eigenvalue weighted by Crippen LogP contribution is -2.06. The molecule has 0 spiro atoms. The Morgan fingerprint density at radius 3 is 2.97 bits per heavy atom. The number of carbonyl (C=O) groups is 1. The van der Waals surface area contributed by atoms with Crippen molar-refractivity contribution < 1.29 is 4.79 Å². The Morgan fingerprint density at radius 1 is 1.23 bits per heavy atom. The first-order chi connectivity index (χ1) is 14.7. The summed E-state index contributed by atoms with van der Waals surface area (Å²) in [7, 11) is 0. The fourth-order valence-electron chi connectivity index (χ4n) is 3.66. The van der Waals surface area contributed by atoms with E-state index in [2.05, 4.69) is 10.1 Å². The molecule has 148 valence electrons. The Hall–Kier alpha value is -3.79. The molecule has 0 bridgehead atoms. The van der Waals surface area contributed by atoms with Gasteiger partial charge in [0.15, 0.2) is 10.6 Å². The molecule has 1 fully saturated rings. The highest BCUT2D eigenvalue weighted by Crippen LogP contribution is 2.38. The smallest absolute Gasteiger partial charge is 0.241 e. The molecule has 0 saturated heterocycles. The predicted octanol–water partition coefficient (Wildman–Crippen LogP) is 2.80. The van der Waals surface area contributed by atoms with E-state index in [1.165, 1.54) is 12.4 Å². The minimum atomic E-state index is -0.532. The zero-order valence-corrected chi connectivity index (χ0v) is 16.5. The number of hydrogen-bond donors (Lipinski definition) is 1. The lowest BCUT2D eigenvalue weighted by molar-refractivity contribution is -0.113. The second-order valence-electron chi connectivity index (χ2n) is 7.17. The van der Waals surface area contributed by atoms with Crippen LogP contribution in [0.1, 0.15) is 24.6 Å². The molecule has 2 N–H and O–H groups in total. The molecular weight excluding hydrogens is 400 g/mol. The largest absolute Gasteiger partial charge is 0.366 e. The van der Waals surface area contributed by atoms with Gasteiger partial charge in [0.1, 0.15) is 17.7 Å². The highest BCUT2D eigenvalue weighted by Gasteiger charge is 2.26. The third kappa shape index (κ3) is 2.65. The van der Waals surface area contributed by atoms with Gasteiger partial charge in [-0.1, -0.05) is 0 Å². The van der Waals surface area contributed by atoms with Gasteiger partial charge in [-0.2, -0.15) is 10.2 Å². The monoisotopic (exact) mass is 416 g/mol. The molecule has 0 aromatic carbocycles. The van der Waals surface area contributed by atoms with Crippen molar-refractivity contribution in [3.05, 3.63) is 54.1 Å². The summed E-state index contributed by atoms with van der Waals surface area (Å²) in [5, 5.41) is 11.1. The summed E-state index contributed by atoms with van der Waals surface area (Å²) < 4.78 is 5.74. The molecule has 1 saturated carbocycles. The zero-order chi connectivity index (χ0) is 20.2. The maximum absolute atomic E-state index is 11.4. The zero-order valence-electron chi connectivity index (χ0n) is 15.7. The van der Waals surface area contributed by atoms with E-state index in [0.29, 0.717) is 17.4 Å². The molecule has 0 aliphatic heterocycles. The van der Waals surface area contributed by atoms with E-state index in [1.807, 2.05) is 45.1 Å². The minimum Gasteiger partial charge on any atom is -0.366 e. The van der Waals surface area contributed by atoms with Gasteiger partial charge >= 0.3 is 0 Å². The first-order valence-corrected chi connectivity index (χ1v) is 10.4. The van der Waals surface area contributed by atoms with Crippen molar-refractivity contribution in [3.63, 3.8) is 0 Å². The van der Waals surface area contributed by atoms with Crippen molar-refractivity contribution in [2.75, 3.05) is 0 Å². The standard InChI is InChI=1S/C20H16N8OS/c21-16(29)5-4-15-13(3-6-17-22-11-23-28(15)17)19-18(24-20-26(19)9-10-30-20)14-7-8-27(25-14)12-1-2-12/h3-12H,1-2H2,(H2,21,29)/b5-4+. The van der Waals surface area contributed by atoms with Gasteiger partial charge in [-0.05, 0) is 37.1 Å². The number of pyridine rings is 1. The van der Waals surface area contributed by atoms with Crippen molar-refractivity contribution in [2.45, 2.75) is 18.9 Å². The van der Waals surface area contributed by atoms with E-state index in [9.17, 15) is 4.79 Å². The van der Waals surface area contributed by atoms with E-state index in [1.54, 1.807) is 21.9 Å². The van der Waals surface area contributed by atoms with Crippen molar-refractivity contribution in [2.24, 2.45) is 5.73 Å². The molecule has 30 heavy (non-hydrogen) atoms. The Balaban J connectivity index is 1.62. The third-order valence-corrected chi connectivity index (χ3v) is 5.93. The van der Waals surface area contributed by atoms with E-state index < -0.39 is 5.91 Å². The summed E-state index contributed by atoms with van der Waals surface area (Å²) in [6.45, 7) is 0. The van der Waals surface area contributed by atoms with Gasteiger partial charge in [0, 0.05) is 29.4 Å². The highest BCUT2D eigenvalue weighted by molar-refractivity contribution is 7.15. The first-order valence-electron chi connectivity index (χ1n) is 9.51. The van der Waals surface area contributed by atoms with Crippen LogP contribution < -0.4 is 5.73 Å². The average molecular weight is 416 g/mol. The maximum atomic E-state index is 11.4. The number of imidazole rings is 1. The van der Waals surface area contributed by atoms with Crippen LogP contribution in [0.2, 0.25) is 0 Å². The summed E-state index contributed by atoms with van der Waals surface area (Å²) in [5.41, 5.74) is 10.1. The second-order valence-corrected chi connectivity index (χ2v) is 8.05. The van der Waals surface area contributed by atoms with Gasteiger partial charge in [-0.3, -0.25) is 13.9 Å². The molecular formula is C20H16N8OS. The van der Waals surface area contributed by atoms with Crippen LogP contribution in [0.25, 0.3) is 39.3 Å². The lowest BCUT2D eigenvalue weighted by Gasteiger charge is -2.09.